The summed E-state index contributed by atoms with van der Waals surface area (Å²) in [5, 5.41) is 17.3. The Morgan fingerprint density at radius 2 is 2.15 bits per heavy atom. The van der Waals surface area contributed by atoms with Gasteiger partial charge in [0.25, 0.3) is 0 Å². The topological polar surface area (TPSA) is 111 Å². The number of hydrogen-bond donors (Lipinski definition) is 2. The average molecular weight is 391 g/mol. The number of rotatable bonds is 3. The Labute approximate surface area is 157 Å². The predicted molar refractivity (Wildman–Crippen MR) is 99.0 cm³/mol. The number of benzene rings is 1. The smallest absolute Gasteiger partial charge is 0.226 e. The molecule has 0 radical (unpaired) electrons. The number of methoxy groups -OCH3 is 1. The van der Waals surface area contributed by atoms with Crippen molar-refractivity contribution in [2.24, 2.45) is 0 Å². The van der Waals surface area contributed by atoms with E-state index in [9.17, 15) is 18.3 Å². The van der Waals surface area contributed by atoms with E-state index in [1.54, 1.807) is 22.9 Å². The van der Waals surface area contributed by atoms with Gasteiger partial charge in [0, 0.05) is 17.9 Å². The summed E-state index contributed by atoms with van der Waals surface area (Å²) < 4.78 is 30.6. The van der Waals surface area contributed by atoms with Crippen LogP contribution in [0.15, 0.2) is 18.2 Å². The summed E-state index contributed by atoms with van der Waals surface area (Å²) in [4.78, 5) is 12.4. The molecule has 1 amide bonds. The molecule has 2 aliphatic heterocycles. The molecule has 1 aromatic carbocycles. The Morgan fingerprint density at radius 1 is 1.37 bits per heavy atom. The van der Waals surface area contributed by atoms with Crippen molar-refractivity contribution in [2.75, 3.05) is 23.9 Å². The number of phenolic OH excluding ortho intramolecular Hbond substituents is 1. The van der Waals surface area contributed by atoms with Gasteiger partial charge < -0.3 is 15.2 Å². The molecule has 0 aliphatic carbocycles. The van der Waals surface area contributed by atoms with Gasteiger partial charge >= 0.3 is 0 Å². The van der Waals surface area contributed by atoms with Crippen LogP contribution in [0.1, 0.15) is 41.6 Å². The third-order valence-corrected chi connectivity index (χ3v) is 7.04. The fourth-order valence-corrected chi connectivity index (χ4v) is 5.69. The molecule has 4 rings (SSSR count). The maximum atomic E-state index is 12.4. The van der Waals surface area contributed by atoms with Gasteiger partial charge in [-0.2, -0.15) is 5.10 Å². The summed E-state index contributed by atoms with van der Waals surface area (Å²) in [6, 6.07) is 4.76. The van der Waals surface area contributed by atoms with Crippen molar-refractivity contribution in [1.82, 2.24) is 9.78 Å². The molecule has 0 bridgehead atoms. The number of nitrogens with one attached hydrogen (secondary N) is 1. The van der Waals surface area contributed by atoms with E-state index in [2.05, 4.69) is 10.4 Å². The van der Waals surface area contributed by atoms with Gasteiger partial charge in [-0.25, -0.2) is 13.1 Å². The number of anilines is 1. The summed E-state index contributed by atoms with van der Waals surface area (Å²) in [7, 11) is -1.60. The van der Waals surface area contributed by atoms with E-state index >= 15 is 0 Å². The van der Waals surface area contributed by atoms with Crippen LogP contribution in [0, 0.1) is 6.92 Å². The van der Waals surface area contributed by atoms with Crippen molar-refractivity contribution in [2.45, 2.75) is 31.7 Å². The van der Waals surface area contributed by atoms with E-state index in [0.29, 0.717) is 18.0 Å². The highest BCUT2D eigenvalue weighted by molar-refractivity contribution is 7.91. The van der Waals surface area contributed by atoms with Crippen molar-refractivity contribution >= 4 is 21.6 Å². The van der Waals surface area contributed by atoms with E-state index in [0.717, 1.165) is 16.8 Å². The Bertz CT molecular complexity index is 1030. The minimum Gasteiger partial charge on any atom is -0.504 e. The number of aryl methyl sites for hydroxylation is 1. The molecule has 3 heterocycles. The van der Waals surface area contributed by atoms with Crippen LogP contribution in [0.25, 0.3) is 0 Å². The number of ether oxygens (including phenoxy) is 1. The molecule has 2 atom stereocenters. The fraction of sp³-hybridized carbons (Fsp3) is 0.444. The lowest BCUT2D eigenvalue weighted by atomic mass is 9.85. The average Bonchev–Trinajstić information content (AvgIpc) is 3.14. The number of carbonyl (C=O) groups excluding carboxylic acids is 1. The van der Waals surface area contributed by atoms with E-state index in [4.69, 9.17) is 4.74 Å². The molecule has 144 valence electrons. The number of sulfone groups is 1. The molecule has 0 spiro atoms. The number of nitrogens with zero attached hydrogens (tertiary/aromatic N) is 2. The lowest BCUT2D eigenvalue weighted by Gasteiger charge is -2.25. The fourth-order valence-electron chi connectivity index (χ4n) is 4.00. The summed E-state index contributed by atoms with van der Waals surface area (Å²) in [6.45, 7) is 1.86. The first-order valence-corrected chi connectivity index (χ1v) is 10.6. The van der Waals surface area contributed by atoms with Crippen LogP contribution in [0.4, 0.5) is 5.82 Å². The normalized spacial score (nSPS) is 23.7. The molecule has 1 aromatic heterocycles. The summed E-state index contributed by atoms with van der Waals surface area (Å²) in [5.41, 5.74) is 2.47. The van der Waals surface area contributed by atoms with Crippen molar-refractivity contribution in [1.29, 1.82) is 0 Å². The van der Waals surface area contributed by atoms with Crippen LogP contribution in [0.5, 0.6) is 11.5 Å². The van der Waals surface area contributed by atoms with Gasteiger partial charge in [-0.1, -0.05) is 6.07 Å². The van der Waals surface area contributed by atoms with Crippen molar-refractivity contribution in [3.8, 4) is 11.5 Å². The number of phenols is 1. The number of hydrogen-bond acceptors (Lipinski definition) is 6. The van der Waals surface area contributed by atoms with Crippen LogP contribution in [-0.4, -0.2) is 47.8 Å². The van der Waals surface area contributed by atoms with Crippen LogP contribution in [-0.2, 0) is 14.6 Å². The summed E-state index contributed by atoms with van der Waals surface area (Å²) in [5.74, 6) is 0.725. The predicted octanol–water partition coefficient (Wildman–Crippen LogP) is 1.74. The SMILES string of the molecule is COc1cc([C@H]2CC(=O)Nc3c2c(C)nn3[C@@H]2CCS(=O)(=O)C2)ccc1O. The molecule has 2 aliphatic rings. The minimum atomic E-state index is -3.07. The largest absolute Gasteiger partial charge is 0.504 e. The maximum absolute atomic E-state index is 12.4. The first kappa shape index (κ1) is 17.8. The second-order valence-corrected chi connectivity index (χ2v) is 9.31. The Hall–Kier alpha value is -2.55. The molecule has 1 saturated heterocycles. The molecular weight excluding hydrogens is 370 g/mol. The summed E-state index contributed by atoms with van der Waals surface area (Å²) >= 11 is 0. The lowest BCUT2D eigenvalue weighted by molar-refractivity contribution is -0.116. The van der Waals surface area contributed by atoms with Crippen LogP contribution in [0.3, 0.4) is 0 Å². The Morgan fingerprint density at radius 3 is 2.81 bits per heavy atom. The standard InChI is InChI=1S/C18H21N3O5S/c1-10-17-13(11-3-4-14(22)15(7-11)26-2)8-16(23)19-18(17)21(20-10)12-5-6-27(24,25)9-12/h3-4,7,12-13,22H,5-6,8-9H2,1-2H3,(H,19,23)/t12-,13-/m1/s1. The van der Waals surface area contributed by atoms with Crippen molar-refractivity contribution in [3.63, 3.8) is 0 Å². The van der Waals surface area contributed by atoms with Gasteiger partial charge in [-0.05, 0) is 31.0 Å². The van der Waals surface area contributed by atoms with Gasteiger partial charge in [-0.15, -0.1) is 0 Å². The molecular formula is C18H21N3O5S. The zero-order valence-electron chi connectivity index (χ0n) is 15.1. The van der Waals surface area contributed by atoms with E-state index in [-0.39, 0.29) is 41.5 Å². The molecule has 1 fully saturated rings. The van der Waals surface area contributed by atoms with Crippen molar-refractivity contribution < 1.29 is 23.1 Å². The minimum absolute atomic E-state index is 0.0327. The molecule has 9 heteroatoms. The first-order valence-electron chi connectivity index (χ1n) is 8.75. The molecule has 2 aromatic rings. The van der Waals surface area contributed by atoms with Crippen LogP contribution < -0.4 is 10.1 Å². The number of carbonyl (C=O) groups is 1. The first-order chi connectivity index (χ1) is 12.8. The van der Waals surface area contributed by atoms with Gasteiger partial charge in [0.15, 0.2) is 21.3 Å². The molecule has 0 unspecified atom stereocenters. The molecule has 27 heavy (non-hydrogen) atoms. The zero-order chi connectivity index (χ0) is 19.3. The van der Waals surface area contributed by atoms with Gasteiger partial charge in [0.05, 0.1) is 30.4 Å². The Kier molecular flexibility index (Phi) is 4.14. The van der Waals surface area contributed by atoms with Crippen LogP contribution in [0.2, 0.25) is 0 Å². The quantitative estimate of drug-likeness (QED) is 0.825. The number of fused-ring (bicyclic) bond motifs is 1. The molecule has 0 saturated carbocycles. The van der Waals surface area contributed by atoms with E-state index in [1.165, 1.54) is 7.11 Å². The second-order valence-electron chi connectivity index (χ2n) is 7.09. The van der Waals surface area contributed by atoms with Gasteiger partial charge in [0.2, 0.25) is 5.91 Å². The highest BCUT2D eigenvalue weighted by atomic mass is 32.2. The third-order valence-electron chi connectivity index (χ3n) is 5.29. The van der Waals surface area contributed by atoms with Crippen molar-refractivity contribution in [3.05, 3.63) is 35.0 Å². The third kappa shape index (κ3) is 3.05. The van der Waals surface area contributed by atoms with Gasteiger partial charge in [-0.3, -0.25) is 4.79 Å². The molecule has 2 N–H and O–H groups in total. The zero-order valence-corrected chi connectivity index (χ0v) is 15.9. The number of amides is 1. The highest BCUT2D eigenvalue weighted by Gasteiger charge is 2.37. The summed E-state index contributed by atoms with van der Waals surface area (Å²) in [6.07, 6.45) is 0.736. The maximum Gasteiger partial charge on any atom is 0.226 e. The van der Waals surface area contributed by atoms with E-state index in [1.807, 2.05) is 6.92 Å². The van der Waals surface area contributed by atoms with E-state index < -0.39 is 9.84 Å². The van der Waals surface area contributed by atoms with Gasteiger partial charge in [0.1, 0.15) is 5.82 Å². The monoisotopic (exact) mass is 391 g/mol. The Balaban J connectivity index is 1.80. The number of aromatic hydroxyl groups is 1. The number of aromatic nitrogens is 2. The molecule has 8 nitrogen and oxygen atoms in total. The lowest BCUT2D eigenvalue weighted by Crippen LogP contribution is -2.26. The highest BCUT2D eigenvalue weighted by Crippen LogP contribution is 2.43. The van der Waals surface area contributed by atoms with Crippen LogP contribution >= 0.6 is 0 Å². The second kappa shape index (κ2) is 6.26.